The molecular weight excluding hydrogens is 234 g/mol. The number of carbonyl (C=O) groups excluding carboxylic acids is 1. The minimum atomic E-state index is -0.111. The van der Waals surface area contributed by atoms with Crippen LogP contribution in [-0.4, -0.2) is 10.8 Å². The lowest BCUT2D eigenvalue weighted by molar-refractivity contribution is 0.104. The highest BCUT2D eigenvalue weighted by molar-refractivity contribution is 6.30. The van der Waals surface area contributed by atoms with Gasteiger partial charge in [-0.25, -0.2) is 0 Å². The molecule has 2 rings (SSSR count). The van der Waals surface area contributed by atoms with E-state index in [1.54, 1.807) is 42.6 Å². The van der Waals surface area contributed by atoms with Crippen molar-refractivity contribution in [3.8, 4) is 0 Å². The first-order chi connectivity index (χ1) is 8.25. The van der Waals surface area contributed by atoms with Gasteiger partial charge >= 0.3 is 0 Å². The number of benzene rings is 1. The van der Waals surface area contributed by atoms with Crippen LogP contribution in [0, 0.1) is 0 Å². The van der Waals surface area contributed by atoms with Gasteiger partial charge in [-0.1, -0.05) is 35.9 Å². The Hall–Kier alpha value is -1.93. The van der Waals surface area contributed by atoms with Crippen LogP contribution in [-0.2, 0) is 0 Å². The van der Waals surface area contributed by atoms with Crippen LogP contribution in [0.4, 0.5) is 0 Å². The Kier molecular flexibility index (Phi) is 3.68. The number of allylic oxidation sites excluding steroid dienone is 1. The zero-order chi connectivity index (χ0) is 12.1. The first-order valence-electron chi connectivity index (χ1n) is 5.15. The first kappa shape index (κ1) is 11.6. The van der Waals surface area contributed by atoms with E-state index in [0.717, 1.165) is 5.56 Å². The summed E-state index contributed by atoms with van der Waals surface area (Å²) in [5.74, 6) is -0.111. The highest BCUT2D eigenvalue weighted by atomic mass is 35.5. The Labute approximate surface area is 105 Å². The number of halogens is 1. The molecule has 0 radical (unpaired) electrons. The molecule has 84 valence electrons. The molecule has 0 fully saturated rings. The lowest BCUT2D eigenvalue weighted by Crippen LogP contribution is -1.96. The molecule has 17 heavy (non-hydrogen) atoms. The van der Waals surface area contributed by atoms with Crippen LogP contribution < -0.4 is 0 Å². The molecule has 0 spiro atoms. The summed E-state index contributed by atoms with van der Waals surface area (Å²) in [5, 5.41) is 0.679. The van der Waals surface area contributed by atoms with Gasteiger partial charge in [-0.3, -0.25) is 9.78 Å². The van der Waals surface area contributed by atoms with Crippen molar-refractivity contribution in [2.75, 3.05) is 0 Å². The van der Waals surface area contributed by atoms with Crippen molar-refractivity contribution in [2.24, 2.45) is 0 Å². The second-order valence-electron chi connectivity index (χ2n) is 3.46. The largest absolute Gasteiger partial charge is 0.288 e. The van der Waals surface area contributed by atoms with Crippen LogP contribution in [0.25, 0.3) is 6.08 Å². The zero-order valence-electron chi connectivity index (χ0n) is 9.01. The number of aromatic nitrogens is 1. The molecule has 0 aliphatic carbocycles. The van der Waals surface area contributed by atoms with Crippen molar-refractivity contribution in [3.63, 3.8) is 0 Å². The molecular formula is C14H10ClNO. The number of rotatable bonds is 3. The zero-order valence-corrected chi connectivity index (χ0v) is 9.76. The number of ketones is 1. The molecule has 0 atom stereocenters. The molecule has 1 heterocycles. The van der Waals surface area contributed by atoms with E-state index < -0.39 is 0 Å². The maximum Gasteiger partial charge on any atom is 0.204 e. The summed E-state index contributed by atoms with van der Waals surface area (Å²) in [6, 6.07) is 12.5. The Morgan fingerprint density at radius 2 is 1.88 bits per heavy atom. The van der Waals surface area contributed by atoms with E-state index in [1.165, 1.54) is 6.08 Å². The van der Waals surface area contributed by atoms with Gasteiger partial charge in [0.1, 0.15) is 5.69 Å². The minimum absolute atomic E-state index is 0.111. The van der Waals surface area contributed by atoms with Crippen LogP contribution in [0.3, 0.4) is 0 Å². The summed E-state index contributed by atoms with van der Waals surface area (Å²) >= 11 is 5.77. The van der Waals surface area contributed by atoms with E-state index in [4.69, 9.17) is 11.6 Å². The van der Waals surface area contributed by atoms with Crippen LogP contribution in [0.1, 0.15) is 16.1 Å². The summed E-state index contributed by atoms with van der Waals surface area (Å²) in [4.78, 5) is 15.7. The Morgan fingerprint density at radius 3 is 2.53 bits per heavy atom. The Morgan fingerprint density at radius 1 is 1.12 bits per heavy atom. The smallest absolute Gasteiger partial charge is 0.204 e. The summed E-state index contributed by atoms with van der Waals surface area (Å²) in [6.07, 6.45) is 4.85. The third-order valence-corrected chi connectivity index (χ3v) is 2.47. The molecule has 0 amide bonds. The number of hydrogen-bond acceptors (Lipinski definition) is 2. The van der Waals surface area contributed by atoms with Crippen molar-refractivity contribution >= 4 is 23.5 Å². The predicted molar refractivity (Wildman–Crippen MR) is 69.1 cm³/mol. The van der Waals surface area contributed by atoms with Gasteiger partial charge in [0, 0.05) is 11.2 Å². The van der Waals surface area contributed by atoms with Gasteiger partial charge in [-0.2, -0.15) is 0 Å². The van der Waals surface area contributed by atoms with E-state index in [-0.39, 0.29) is 5.78 Å². The third kappa shape index (κ3) is 3.26. The predicted octanol–water partition coefficient (Wildman–Crippen LogP) is 3.63. The van der Waals surface area contributed by atoms with Gasteiger partial charge in [0.25, 0.3) is 0 Å². The number of carbonyl (C=O) groups is 1. The molecule has 0 N–H and O–H groups in total. The van der Waals surface area contributed by atoms with Crippen LogP contribution >= 0.6 is 11.6 Å². The quantitative estimate of drug-likeness (QED) is 0.609. The Bertz CT molecular complexity index is 532. The van der Waals surface area contributed by atoms with Crippen LogP contribution in [0.5, 0.6) is 0 Å². The molecule has 3 heteroatoms. The highest BCUT2D eigenvalue weighted by Crippen LogP contribution is 2.11. The lowest BCUT2D eigenvalue weighted by atomic mass is 10.1. The third-order valence-electron chi connectivity index (χ3n) is 2.21. The normalized spacial score (nSPS) is 10.6. The fraction of sp³-hybridized carbons (Fsp3) is 0. The molecule has 0 saturated heterocycles. The van der Waals surface area contributed by atoms with Gasteiger partial charge in [-0.15, -0.1) is 0 Å². The monoisotopic (exact) mass is 243 g/mol. The molecule has 2 aromatic rings. The van der Waals surface area contributed by atoms with E-state index >= 15 is 0 Å². The maximum absolute atomic E-state index is 11.7. The van der Waals surface area contributed by atoms with E-state index in [0.29, 0.717) is 10.7 Å². The molecule has 1 aromatic heterocycles. The summed E-state index contributed by atoms with van der Waals surface area (Å²) < 4.78 is 0. The number of hydrogen-bond donors (Lipinski definition) is 0. The summed E-state index contributed by atoms with van der Waals surface area (Å²) in [7, 11) is 0. The van der Waals surface area contributed by atoms with Gasteiger partial charge in [0.05, 0.1) is 0 Å². The van der Waals surface area contributed by atoms with E-state index in [1.807, 2.05) is 12.1 Å². The Balaban J connectivity index is 2.11. The van der Waals surface area contributed by atoms with Crippen molar-refractivity contribution in [3.05, 3.63) is 71.0 Å². The fourth-order valence-electron chi connectivity index (χ4n) is 1.34. The maximum atomic E-state index is 11.7. The van der Waals surface area contributed by atoms with Crippen molar-refractivity contribution in [1.29, 1.82) is 0 Å². The SMILES string of the molecule is O=C(/C=C\c1ccc(Cl)cc1)c1ccccn1. The van der Waals surface area contributed by atoms with Gasteiger partial charge in [0.15, 0.2) is 0 Å². The van der Waals surface area contributed by atoms with E-state index in [9.17, 15) is 4.79 Å². The van der Waals surface area contributed by atoms with Crippen molar-refractivity contribution in [2.45, 2.75) is 0 Å². The molecule has 0 bridgehead atoms. The van der Waals surface area contributed by atoms with Gasteiger partial charge in [0.2, 0.25) is 5.78 Å². The second kappa shape index (κ2) is 5.41. The van der Waals surface area contributed by atoms with Gasteiger partial charge in [-0.05, 0) is 35.9 Å². The standard InChI is InChI=1S/C14H10ClNO/c15-12-7-4-11(5-8-12)6-9-14(17)13-3-1-2-10-16-13/h1-10H/b9-6-. The lowest BCUT2D eigenvalue weighted by Gasteiger charge is -1.94. The molecule has 0 aliphatic heterocycles. The van der Waals surface area contributed by atoms with E-state index in [2.05, 4.69) is 4.98 Å². The number of pyridine rings is 1. The second-order valence-corrected chi connectivity index (χ2v) is 3.90. The highest BCUT2D eigenvalue weighted by Gasteiger charge is 2.00. The van der Waals surface area contributed by atoms with Crippen molar-refractivity contribution in [1.82, 2.24) is 4.98 Å². The average molecular weight is 244 g/mol. The average Bonchev–Trinajstić information content (AvgIpc) is 2.39. The van der Waals surface area contributed by atoms with Crippen LogP contribution in [0.2, 0.25) is 5.02 Å². The summed E-state index contributed by atoms with van der Waals surface area (Å²) in [6.45, 7) is 0. The fourth-order valence-corrected chi connectivity index (χ4v) is 1.47. The topological polar surface area (TPSA) is 30.0 Å². The van der Waals surface area contributed by atoms with Crippen molar-refractivity contribution < 1.29 is 4.79 Å². The van der Waals surface area contributed by atoms with Crippen LogP contribution in [0.15, 0.2) is 54.7 Å². The first-order valence-corrected chi connectivity index (χ1v) is 5.52. The molecule has 0 unspecified atom stereocenters. The molecule has 1 aromatic carbocycles. The minimum Gasteiger partial charge on any atom is -0.288 e. The molecule has 0 aliphatic rings. The molecule has 0 saturated carbocycles. The summed E-state index contributed by atoms with van der Waals surface area (Å²) in [5.41, 5.74) is 1.37. The molecule has 2 nitrogen and oxygen atoms in total. The van der Waals surface area contributed by atoms with Gasteiger partial charge < -0.3 is 0 Å². The number of nitrogens with zero attached hydrogens (tertiary/aromatic N) is 1.